The normalized spacial score (nSPS) is 39.8. The SMILES string of the molecule is C.CC.CO[C@@H]1[C@H](OC(C)=O)CC[C@]2(CO2)[C@H]1[C@@]1(C)O[C@@H]1CC=C(C)C. The van der Waals surface area contributed by atoms with Crippen LogP contribution in [0.4, 0.5) is 0 Å². The Bertz CT molecular complexity index is 507. The Morgan fingerprint density at radius 3 is 2.35 bits per heavy atom. The highest BCUT2D eigenvalue weighted by molar-refractivity contribution is 5.66. The van der Waals surface area contributed by atoms with Crippen molar-refractivity contribution in [2.24, 2.45) is 5.92 Å². The van der Waals surface area contributed by atoms with Crippen LogP contribution >= 0.6 is 0 Å². The molecule has 5 nitrogen and oxygen atoms in total. The van der Waals surface area contributed by atoms with Crippen molar-refractivity contribution < 1.29 is 23.7 Å². The van der Waals surface area contributed by atoms with Gasteiger partial charge in [-0.2, -0.15) is 0 Å². The van der Waals surface area contributed by atoms with E-state index in [4.69, 9.17) is 18.9 Å². The van der Waals surface area contributed by atoms with Gasteiger partial charge in [0.25, 0.3) is 0 Å². The lowest BCUT2D eigenvalue weighted by Gasteiger charge is -2.42. The summed E-state index contributed by atoms with van der Waals surface area (Å²) in [5.41, 5.74) is 0.859. The van der Waals surface area contributed by atoms with Gasteiger partial charge in [0.15, 0.2) is 0 Å². The van der Waals surface area contributed by atoms with Crippen LogP contribution in [-0.2, 0) is 23.7 Å². The molecule has 26 heavy (non-hydrogen) atoms. The molecule has 1 aliphatic carbocycles. The second kappa shape index (κ2) is 8.85. The summed E-state index contributed by atoms with van der Waals surface area (Å²) < 4.78 is 23.3. The zero-order valence-electron chi connectivity index (χ0n) is 16.8. The molecule has 0 aromatic carbocycles. The van der Waals surface area contributed by atoms with E-state index in [1.807, 2.05) is 13.8 Å². The highest BCUT2D eigenvalue weighted by Crippen LogP contribution is 2.59. The number of esters is 1. The van der Waals surface area contributed by atoms with E-state index in [0.29, 0.717) is 0 Å². The lowest BCUT2D eigenvalue weighted by atomic mass is 9.68. The molecule has 0 radical (unpaired) electrons. The molecule has 3 aliphatic rings. The molecule has 6 atom stereocenters. The van der Waals surface area contributed by atoms with Crippen molar-refractivity contribution >= 4 is 5.97 Å². The molecule has 3 rings (SSSR count). The van der Waals surface area contributed by atoms with Crippen molar-refractivity contribution in [1.82, 2.24) is 0 Å². The Hall–Kier alpha value is -0.910. The third-order valence-electron chi connectivity index (χ3n) is 5.55. The van der Waals surface area contributed by atoms with Gasteiger partial charge in [-0.25, -0.2) is 0 Å². The van der Waals surface area contributed by atoms with Crippen molar-refractivity contribution in [3.63, 3.8) is 0 Å². The number of hydrogen-bond donors (Lipinski definition) is 0. The van der Waals surface area contributed by atoms with Crippen LogP contribution in [0.1, 0.15) is 68.2 Å². The highest BCUT2D eigenvalue weighted by Gasteiger charge is 2.72. The second-order valence-electron chi connectivity index (χ2n) is 7.53. The van der Waals surface area contributed by atoms with Gasteiger partial charge in [-0.15, -0.1) is 0 Å². The number of epoxide rings is 2. The van der Waals surface area contributed by atoms with Crippen LogP contribution in [-0.4, -0.2) is 49.2 Å². The smallest absolute Gasteiger partial charge is 0.302 e. The fourth-order valence-corrected chi connectivity index (χ4v) is 4.28. The van der Waals surface area contributed by atoms with Gasteiger partial charge >= 0.3 is 5.97 Å². The zero-order valence-corrected chi connectivity index (χ0v) is 16.8. The molecule has 2 heterocycles. The zero-order chi connectivity index (χ0) is 18.8. The lowest BCUT2D eigenvalue weighted by Crippen LogP contribution is -2.55. The number of carbonyl (C=O) groups is 1. The summed E-state index contributed by atoms with van der Waals surface area (Å²) in [6.45, 7) is 12.5. The maximum atomic E-state index is 11.4. The molecule has 0 bridgehead atoms. The molecule has 0 amide bonds. The number of allylic oxidation sites excluding steroid dienone is 1. The average Bonchev–Trinajstić information content (AvgIpc) is 3.47. The van der Waals surface area contributed by atoms with Crippen molar-refractivity contribution in [3.8, 4) is 0 Å². The number of ether oxygens (including phenoxy) is 4. The molecule has 2 aliphatic heterocycles. The number of hydrogen-bond acceptors (Lipinski definition) is 5. The quantitative estimate of drug-likeness (QED) is 0.410. The molecular formula is C21H38O5. The Morgan fingerprint density at radius 2 is 1.88 bits per heavy atom. The van der Waals surface area contributed by atoms with Gasteiger partial charge in [0.2, 0.25) is 0 Å². The molecule has 0 aromatic rings. The van der Waals surface area contributed by atoms with E-state index in [1.54, 1.807) is 7.11 Å². The van der Waals surface area contributed by atoms with Gasteiger partial charge < -0.3 is 18.9 Å². The van der Waals surface area contributed by atoms with E-state index in [9.17, 15) is 4.79 Å². The minimum absolute atomic E-state index is 0. The van der Waals surface area contributed by atoms with Gasteiger partial charge in [0.05, 0.1) is 18.6 Å². The highest BCUT2D eigenvalue weighted by atomic mass is 16.6. The third kappa shape index (κ3) is 4.49. The minimum atomic E-state index is -0.276. The standard InChI is InChI=1S/C18H28O5.C2H6.CH4/c1-11(2)6-7-14-17(4,23-14)16-15(20-5)13(22-12(3)19)8-9-18(16)10-21-18;1-2;/h6,13-16H,7-10H2,1-5H3;1-2H3;1H4/t13-,14-,15-,16-,17+,18+;;/m1../s1. The van der Waals surface area contributed by atoms with E-state index < -0.39 is 0 Å². The molecule has 0 aromatic heterocycles. The predicted molar refractivity (Wildman–Crippen MR) is 103 cm³/mol. The van der Waals surface area contributed by atoms with Crippen LogP contribution in [0.25, 0.3) is 0 Å². The molecule has 1 spiro atoms. The van der Waals surface area contributed by atoms with Gasteiger partial charge in [-0.3, -0.25) is 4.79 Å². The number of carbonyl (C=O) groups excluding carboxylic acids is 1. The number of rotatable bonds is 5. The first-order valence-corrected chi connectivity index (χ1v) is 9.47. The summed E-state index contributed by atoms with van der Waals surface area (Å²) in [6.07, 6.45) is 4.56. The summed E-state index contributed by atoms with van der Waals surface area (Å²) in [5.74, 6) is -0.167. The summed E-state index contributed by atoms with van der Waals surface area (Å²) in [6, 6.07) is 0. The minimum Gasteiger partial charge on any atom is -0.460 e. The molecule has 0 unspecified atom stereocenters. The van der Waals surface area contributed by atoms with Gasteiger partial charge in [-0.1, -0.05) is 32.9 Å². The largest absolute Gasteiger partial charge is 0.460 e. The molecule has 5 heteroatoms. The first-order valence-electron chi connectivity index (χ1n) is 9.47. The molecule has 1 saturated carbocycles. The molecule has 152 valence electrons. The molecule has 3 fully saturated rings. The van der Waals surface area contributed by atoms with E-state index in [2.05, 4.69) is 26.8 Å². The van der Waals surface area contributed by atoms with Crippen molar-refractivity contribution in [3.05, 3.63) is 11.6 Å². The summed E-state index contributed by atoms with van der Waals surface area (Å²) in [4.78, 5) is 11.4. The fourth-order valence-electron chi connectivity index (χ4n) is 4.28. The van der Waals surface area contributed by atoms with Crippen LogP contribution in [0.3, 0.4) is 0 Å². The van der Waals surface area contributed by atoms with E-state index in [-0.39, 0.29) is 48.8 Å². The van der Waals surface area contributed by atoms with Crippen LogP contribution in [0.5, 0.6) is 0 Å². The maximum Gasteiger partial charge on any atom is 0.302 e. The third-order valence-corrected chi connectivity index (χ3v) is 5.55. The summed E-state index contributed by atoms with van der Waals surface area (Å²) in [7, 11) is 1.69. The van der Waals surface area contributed by atoms with E-state index in [1.165, 1.54) is 12.5 Å². The second-order valence-corrected chi connectivity index (χ2v) is 7.53. The van der Waals surface area contributed by atoms with Crippen LogP contribution in [0, 0.1) is 5.92 Å². The Balaban J connectivity index is 0.00000109. The van der Waals surface area contributed by atoms with Crippen molar-refractivity contribution in [1.29, 1.82) is 0 Å². The number of methoxy groups -OCH3 is 1. The average molecular weight is 371 g/mol. The van der Waals surface area contributed by atoms with Crippen LogP contribution < -0.4 is 0 Å². The van der Waals surface area contributed by atoms with Gasteiger partial charge in [0.1, 0.15) is 23.4 Å². The predicted octanol–water partition coefficient (Wildman–Crippen LogP) is 4.29. The summed E-state index contributed by atoms with van der Waals surface area (Å²) in [5, 5.41) is 0. The fraction of sp³-hybridized carbons (Fsp3) is 0.857. The van der Waals surface area contributed by atoms with Gasteiger partial charge in [-0.05, 0) is 40.0 Å². The topological polar surface area (TPSA) is 60.6 Å². The molecule has 2 saturated heterocycles. The Kier molecular flexibility index (Phi) is 7.88. The van der Waals surface area contributed by atoms with Crippen molar-refractivity contribution in [2.45, 2.75) is 97.7 Å². The van der Waals surface area contributed by atoms with Crippen molar-refractivity contribution in [2.75, 3.05) is 13.7 Å². The van der Waals surface area contributed by atoms with E-state index >= 15 is 0 Å². The molecular weight excluding hydrogens is 332 g/mol. The Morgan fingerprint density at radius 1 is 1.27 bits per heavy atom. The lowest BCUT2D eigenvalue weighted by molar-refractivity contribution is -0.169. The maximum absolute atomic E-state index is 11.4. The Labute approximate surface area is 159 Å². The monoisotopic (exact) mass is 370 g/mol. The molecule has 0 N–H and O–H groups in total. The summed E-state index contributed by atoms with van der Waals surface area (Å²) >= 11 is 0. The van der Waals surface area contributed by atoms with Gasteiger partial charge in [0, 0.05) is 14.0 Å². The first-order chi connectivity index (χ1) is 11.8. The van der Waals surface area contributed by atoms with Crippen LogP contribution in [0.15, 0.2) is 11.6 Å². The van der Waals surface area contributed by atoms with E-state index in [0.717, 1.165) is 25.9 Å². The van der Waals surface area contributed by atoms with Crippen LogP contribution in [0.2, 0.25) is 0 Å². The first kappa shape index (κ1) is 23.1.